The van der Waals surface area contributed by atoms with Gasteiger partial charge in [-0.3, -0.25) is 19.9 Å². The lowest BCUT2D eigenvalue weighted by molar-refractivity contribution is -0.383. The van der Waals surface area contributed by atoms with Crippen molar-refractivity contribution in [3.63, 3.8) is 0 Å². The Morgan fingerprint density at radius 3 is 2.80 bits per heavy atom. The summed E-state index contributed by atoms with van der Waals surface area (Å²) >= 11 is 5.65. The van der Waals surface area contributed by atoms with Crippen LogP contribution >= 0.6 is 11.6 Å². The first-order chi connectivity index (χ1) is 9.49. The Kier molecular flexibility index (Phi) is 3.90. The third kappa shape index (κ3) is 2.89. The molecule has 0 aliphatic heterocycles. The lowest BCUT2D eigenvalue weighted by atomic mass is 10.2. The first kappa shape index (κ1) is 13.9. The third-order valence-electron chi connectivity index (χ3n) is 2.42. The molecule has 0 radical (unpaired) electrons. The van der Waals surface area contributed by atoms with Crippen LogP contribution in [0.1, 0.15) is 10.4 Å². The molecular weight excluding hydrogens is 289 g/mol. The van der Waals surface area contributed by atoms with Crippen molar-refractivity contribution in [1.82, 2.24) is 4.98 Å². The molecule has 0 atom stereocenters. The molecule has 8 heteroatoms. The van der Waals surface area contributed by atoms with Crippen LogP contribution in [0.3, 0.4) is 0 Å². The van der Waals surface area contributed by atoms with Gasteiger partial charge in [0.2, 0.25) is 0 Å². The average molecular weight is 296 g/mol. The molecule has 1 heterocycles. The van der Waals surface area contributed by atoms with Crippen LogP contribution in [0.15, 0.2) is 36.7 Å². The molecule has 1 aromatic heterocycles. The highest BCUT2D eigenvalue weighted by atomic mass is 35.5. The van der Waals surface area contributed by atoms with Gasteiger partial charge in [0.25, 0.3) is 11.6 Å². The highest BCUT2D eigenvalue weighted by Crippen LogP contribution is 2.28. The minimum Gasteiger partial charge on any atom is -0.316 e. The van der Waals surface area contributed by atoms with E-state index >= 15 is 0 Å². The van der Waals surface area contributed by atoms with Crippen LogP contribution in [0.2, 0.25) is 5.02 Å². The van der Waals surface area contributed by atoms with Gasteiger partial charge in [-0.05, 0) is 18.2 Å². The second-order valence-corrected chi connectivity index (χ2v) is 4.16. The number of anilines is 1. The molecule has 0 aliphatic carbocycles. The number of amides is 1. The van der Waals surface area contributed by atoms with Crippen molar-refractivity contribution in [3.8, 4) is 0 Å². The summed E-state index contributed by atoms with van der Waals surface area (Å²) in [5.74, 6) is -1.63. The van der Waals surface area contributed by atoms with Crippen molar-refractivity contribution in [1.29, 1.82) is 0 Å². The molecule has 0 unspecified atom stereocenters. The molecule has 0 saturated heterocycles. The van der Waals surface area contributed by atoms with Gasteiger partial charge in [-0.25, -0.2) is 4.39 Å². The number of nitrogens with zero attached hydrogens (tertiary/aromatic N) is 2. The number of nitro groups is 1. The number of hydrogen-bond acceptors (Lipinski definition) is 4. The molecule has 0 spiro atoms. The second kappa shape index (κ2) is 5.62. The van der Waals surface area contributed by atoms with Crippen LogP contribution in [0.25, 0.3) is 0 Å². The van der Waals surface area contributed by atoms with Crippen molar-refractivity contribution in [2.24, 2.45) is 0 Å². The number of rotatable bonds is 3. The van der Waals surface area contributed by atoms with Gasteiger partial charge in [0.05, 0.1) is 16.7 Å². The number of hydrogen-bond donors (Lipinski definition) is 1. The summed E-state index contributed by atoms with van der Waals surface area (Å²) in [5, 5.41) is 13.3. The van der Waals surface area contributed by atoms with Crippen molar-refractivity contribution in [2.45, 2.75) is 0 Å². The number of halogens is 2. The lowest BCUT2D eigenvalue weighted by Crippen LogP contribution is -2.14. The fraction of sp³-hybridized carbons (Fsp3) is 0. The number of benzene rings is 1. The highest BCUT2D eigenvalue weighted by molar-refractivity contribution is 6.31. The summed E-state index contributed by atoms with van der Waals surface area (Å²) in [7, 11) is 0. The first-order valence-electron chi connectivity index (χ1n) is 5.34. The molecule has 0 aliphatic rings. The Bertz CT molecular complexity index is 693. The minimum absolute atomic E-state index is 0.0689. The van der Waals surface area contributed by atoms with E-state index in [1.807, 2.05) is 0 Å². The molecular formula is C12H7ClFN3O3. The second-order valence-electron chi connectivity index (χ2n) is 3.73. The fourth-order valence-electron chi connectivity index (χ4n) is 1.51. The van der Waals surface area contributed by atoms with Crippen LogP contribution in [-0.2, 0) is 0 Å². The molecule has 20 heavy (non-hydrogen) atoms. The Morgan fingerprint density at radius 1 is 1.40 bits per heavy atom. The molecule has 2 aromatic rings. The van der Waals surface area contributed by atoms with Gasteiger partial charge in [-0.2, -0.15) is 0 Å². The maximum atomic E-state index is 13.4. The van der Waals surface area contributed by atoms with Gasteiger partial charge >= 0.3 is 0 Å². The summed E-state index contributed by atoms with van der Waals surface area (Å²) in [5.41, 5.74) is -0.704. The predicted octanol–water partition coefficient (Wildman–Crippen LogP) is 3.03. The van der Waals surface area contributed by atoms with E-state index in [4.69, 9.17) is 11.6 Å². The van der Waals surface area contributed by atoms with E-state index in [2.05, 4.69) is 10.3 Å². The van der Waals surface area contributed by atoms with E-state index in [0.717, 1.165) is 12.3 Å². The summed E-state index contributed by atoms with van der Waals surface area (Å²) in [4.78, 5) is 25.6. The van der Waals surface area contributed by atoms with Gasteiger partial charge in [-0.15, -0.1) is 0 Å². The fourth-order valence-corrected chi connectivity index (χ4v) is 1.68. The van der Waals surface area contributed by atoms with Crippen LogP contribution in [0, 0.1) is 15.9 Å². The molecule has 0 saturated carbocycles. The number of aromatic nitrogens is 1. The number of carbonyl (C=O) groups is 1. The van der Waals surface area contributed by atoms with Crippen molar-refractivity contribution in [3.05, 3.63) is 63.2 Å². The maximum absolute atomic E-state index is 13.4. The van der Waals surface area contributed by atoms with Crippen LogP contribution in [-0.4, -0.2) is 15.8 Å². The van der Waals surface area contributed by atoms with Crippen molar-refractivity contribution < 1.29 is 14.1 Å². The summed E-state index contributed by atoms with van der Waals surface area (Å²) in [6.07, 6.45) is 2.12. The topological polar surface area (TPSA) is 85.1 Å². The number of nitro benzene ring substituents is 1. The molecule has 2 rings (SSSR count). The zero-order valence-corrected chi connectivity index (χ0v) is 10.6. The Hall–Kier alpha value is -2.54. The summed E-state index contributed by atoms with van der Waals surface area (Å²) < 4.78 is 13.4. The zero-order chi connectivity index (χ0) is 14.7. The molecule has 0 fully saturated rings. The highest BCUT2D eigenvalue weighted by Gasteiger charge is 2.18. The third-order valence-corrected chi connectivity index (χ3v) is 2.66. The predicted molar refractivity (Wildman–Crippen MR) is 70.3 cm³/mol. The molecule has 102 valence electrons. The number of carbonyl (C=O) groups excluding carboxylic acids is 1. The van der Waals surface area contributed by atoms with E-state index in [1.54, 1.807) is 0 Å². The van der Waals surface area contributed by atoms with Gasteiger partial charge in [0.1, 0.15) is 5.69 Å². The van der Waals surface area contributed by atoms with Crippen molar-refractivity contribution in [2.75, 3.05) is 5.32 Å². The van der Waals surface area contributed by atoms with Gasteiger partial charge < -0.3 is 5.32 Å². The molecule has 0 bridgehead atoms. The molecule has 1 aromatic carbocycles. The largest absolute Gasteiger partial charge is 0.316 e. The smallest absolute Gasteiger partial charge is 0.294 e. The van der Waals surface area contributed by atoms with Crippen LogP contribution in [0.4, 0.5) is 15.8 Å². The van der Waals surface area contributed by atoms with Crippen LogP contribution in [0.5, 0.6) is 0 Å². The Balaban J connectivity index is 2.33. The normalized spacial score (nSPS) is 10.1. The van der Waals surface area contributed by atoms with E-state index in [9.17, 15) is 19.3 Å². The lowest BCUT2D eigenvalue weighted by Gasteiger charge is -2.06. The number of nitrogens with one attached hydrogen (secondary N) is 1. The SMILES string of the molecule is O=C(Nc1ccc(Cl)cc1[N+](=O)[O-])c1ccncc1F. The van der Waals surface area contributed by atoms with Gasteiger partial charge in [0.15, 0.2) is 5.82 Å². The minimum atomic E-state index is -0.818. The molecule has 1 amide bonds. The van der Waals surface area contributed by atoms with E-state index < -0.39 is 16.6 Å². The van der Waals surface area contributed by atoms with Gasteiger partial charge in [-0.1, -0.05) is 11.6 Å². The Morgan fingerprint density at radius 2 is 2.15 bits per heavy atom. The average Bonchev–Trinajstić information content (AvgIpc) is 2.41. The quantitative estimate of drug-likeness (QED) is 0.696. The molecule has 6 nitrogen and oxygen atoms in total. The maximum Gasteiger partial charge on any atom is 0.294 e. The van der Waals surface area contributed by atoms with Gasteiger partial charge in [0, 0.05) is 17.3 Å². The monoisotopic (exact) mass is 295 g/mol. The first-order valence-corrected chi connectivity index (χ1v) is 5.71. The number of pyridine rings is 1. The van der Waals surface area contributed by atoms with Crippen molar-refractivity contribution >= 4 is 28.9 Å². The standard InChI is InChI=1S/C12H7ClFN3O3/c13-7-1-2-10(11(5-7)17(19)20)16-12(18)8-3-4-15-6-9(8)14/h1-6H,(H,16,18). The van der Waals surface area contributed by atoms with E-state index in [-0.39, 0.29) is 22.0 Å². The molecule has 1 N–H and O–H groups in total. The van der Waals surface area contributed by atoms with Crippen LogP contribution < -0.4 is 5.32 Å². The zero-order valence-electron chi connectivity index (χ0n) is 9.84. The van der Waals surface area contributed by atoms with E-state index in [0.29, 0.717) is 0 Å². The summed E-state index contributed by atoms with van der Waals surface area (Å²) in [6, 6.07) is 4.93. The Labute approximate surface area is 117 Å². The summed E-state index contributed by atoms with van der Waals surface area (Å²) in [6.45, 7) is 0. The van der Waals surface area contributed by atoms with E-state index in [1.165, 1.54) is 24.4 Å².